The Balaban J connectivity index is 1.05. The Kier molecular flexibility index (Phi) is 7.27. The van der Waals surface area contributed by atoms with E-state index in [9.17, 15) is 0 Å². The van der Waals surface area contributed by atoms with E-state index in [1.807, 2.05) is 0 Å². The second-order valence-corrected chi connectivity index (χ2v) is 14.9. The second-order valence-electron chi connectivity index (χ2n) is 14.9. The Morgan fingerprint density at radius 3 is 1.09 bits per heavy atom. The van der Waals surface area contributed by atoms with Crippen molar-refractivity contribution in [2.45, 2.75) is 19.3 Å². The Labute approximate surface area is 311 Å². The Morgan fingerprint density at radius 2 is 0.604 bits per heavy atom. The fraction of sp³-hybridized carbons (Fsp3) is 0.0566. The smallest absolute Gasteiger partial charge is 0.0159 e. The van der Waals surface area contributed by atoms with E-state index in [0.717, 1.165) is 0 Å². The Hall–Kier alpha value is -6.50. The van der Waals surface area contributed by atoms with Crippen LogP contribution in [0.1, 0.15) is 25.0 Å². The molecule has 0 N–H and O–H groups in total. The molecule has 0 radical (unpaired) electrons. The zero-order valence-electron chi connectivity index (χ0n) is 30.0. The zero-order chi connectivity index (χ0) is 35.5. The van der Waals surface area contributed by atoms with Crippen molar-refractivity contribution in [3.63, 3.8) is 0 Å². The normalized spacial score (nSPS) is 12.9. The number of hydrogen-bond acceptors (Lipinski definition) is 0. The van der Waals surface area contributed by atoms with E-state index in [1.165, 1.54) is 99.4 Å². The molecule has 0 aliphatic heterocycles. The highest BCUT2D eigenvalue weighted by molar-refractivity contribution is 6.22. The first kappa shape index (κ1) is 31.3. The third-order valence-corrected chi connectivity index (χ3v) is 11.5. The Bertz CT molecular complexity index is 2810. The molecule has 10 rings (SSSR count). The van der Waals surface area contributed by atoms with Crippen molar-refractivity contribution in [2.24, 2.45) is 0 Å². The maximum absolute atomic E-state index is 2.42. The summed E-state index contributed by atoms with van der Waals surface area (Å²) >= 11 is 0. The van der Waals surface area contributed by atoms with Gasteiger partial charge in [-0.2, -0.15) is 0 Å². The first-order valence-electron chi connectivity index (χ1n) is 18.6. The van der Waals surface area contributed by atoms with Gasteiger partial charge in [-0.1, -0.05) is 190 Å². The van der Waals surface area contributed by atoms with Crippen molar-refractivity contribution in [3.8, 4) is 66.8 Å². The van der Waals surface area contributed by atoms with E-state index in [2.05, 4.69) is 208 Å². The topological polar surface area (TPSA) is 0 Å². The minimum Gasteiger partial charge on any atom is -0.0622 e. The van der Waals surface area contributed by atoms with Gasteiger partial charge in [0.05, 0.1) is 0 Å². The molecule has 0 unspecified atom stereocenters. The van der Waals surface area contributed by atoms with E-state index in [4.69, 9.17) is 0 Å². The molecule has 0 heterocycles. The average Bonchev–Trinajstić information content (AvgIpc) is 3.45. The first-order valence-corrected chi connectivity index (χ1v) is 18.6. The molecule has 0 heteroatoms. The molecule has 1 aliphatic carbocycles. The molecule has 0 saturated heterocycles. The molecule has 53 heavy (non-hydrogen) atoms. The molecule has 0 nitrogen and oxygen atoms in total. The van der Waals surface area contributed by atoms with Crippen molar-refractivity contribution in [3.05, 3.63) is 205 Å². The molecular weight excluding hydrogens is 637 g/mol. The maximum atomic E-state index is 2.42. The van der Waals surface area contributed by atoms with E-state index in [1.54, 1.807) is 0 Å². The number of hydrogen-bond donors (Lipinski definition) is 0. The first-order chi connectivity index (χ1) is 26.0. The fourth-order valence-corrected chi connectivity index (χ4v) is 8.77. The largest absolute Gasteiger partial charge is 0.0622 e. The van der Waals surface area contributed by atoms with Crippen molar-refractivity contribution < 1.29 is 0 Å². The second kappa shape index (κ2) is 12.3. The summed E-state index contributed by atoms with van der Waals surface area (Å²) < 4.78 is 0. The lowest BCUT2D eigenvalue weighted by Crippen LogP contribution is -2.15. The van der Waals surface area contributed by atoms with Crippen LogP contribution in [-0.4, -0.2) is 0 Å². The van der Waals surface area contributed by atoms with Crippen LogP contribution in [0.2, 0.25) is 0 Å². The molecule has 0 saturated carbocycles. The van der Waals surface area contributed by atoms with Gasteiger partial charge < -0.3 is 0 Å². The summed E-state index contributed by atoms with van der Waals surface area (Å²) in [5.74, 6) is 0. The maximum Gasteiger partial charge on any atom is 0.0159 e. The minimum absolute atomic E-state index is 0.0876. The van der Waals surface area contributed by atoms with E-state index in [0.29, 0.717) is 0 Å². The highest BCUT2D eigenvalue weighted by Crippen LogP contribution is 2.51. The van der Waals surface area contributed by atoms with Crippen LogP contribution >= 0.6 is 0 Å². The molecule has 0 aromatic heterocycles. The lowest BCUT2D eigenvalue weighted by molar-refractivity contribution is 0.661. The highest BCUT2D eigenvalue weighted by atomic mass is 14.4. The van der Waals surface area contributed by atoms with E-state index < -0.39 is 0 Å². The third-order valence-electron chi connectivity index (χ3n) is 11.5. The van der Waals surface area contributed by atoms with Gasteiger partial charge in [-0.15, -0.1) is 0 Å². The molecule has 0 fully saturated rings. The zero-order valence-corrected chi connectivity index (χ0v) is 30.0. The van der Waals surface area contributed by atoms with Crippen LogP contribution in [-0.2, 0) is 5.41 Å². The molecule has 0 bridgehead atoms. The number of benzene rings is 9. The molecule has 9 aromatic carbocycles. The lowest BCUT2D eigenvalue weighted by atomic mass is 9.81. The van der Waals surface area contributed by atoms with Crippen molar-refractivity contribution >= 4 is 21.5 Å². The van der Waals surface area contributed by atoms with Crippen LogP contribution in [0.3, 0.4) is 0 Å². The molecule has 0 atom stereocenters. The lowest BCUT2D eigenvalue weighted by Gasteiger charge is -2.22. The van der Waals surface area contributed by atoms with Crippen LogP contribution in [0.5, 0.6) is 0 Å². The quantitative estimate of drug-likeness (QED) is 0.159. The van der Waals surface area contributed by atoms with E-state index in [-0.39, 0.29) is 5.41 Å². The van der Waals surface area contributed by atoms with Crippen LogP contribution < -0.4 is 0 Å². The molecule has 1 aliphatic rings. The van der Waals surface area contributed by atoms with Crippen molar-refractivity contribution in [2.75, 3.05) is 0 Å². The standard InChI is InChI=1S/C53H38/c1-53(2)49-33-41(35-14-6-3-7-15-35)26-29-43(49)44-30-27-42(34-50(44)53)37-24-22-36(23-25-37)40-28-31-47-48(32-40)52(39-18-10-5-11-19-39)46-21-13-12-20-45(46)51(47)38-16-8-4-9-17-38/h3-34H,1-2H3. The molecule has 9 aromatic rings. The predicted molar refractivity (Wildman–Crippen MR) is 226 cm³/mol. The van der Waals surface area contributed by atoms with Crippen molar-refractivity contribution in [1.82, 2.24) is 0 Å². The van der Waals surface area contributed by atoms with Gasteiger partial charge in [-0.05, 0) is 118 Å². The summed E-state index contributed by atoms with van der Waals surface area (Å²) in [4.78, 5) is 0. The highest BCUT2D eigenvalue weighted by Gasteiger charge is 2.35. The van der Waals surface area contributed by atoms with Crippen LogP contribution in [0.4, 0.5) is 0 Å². The van der Waals surface area contributed by atoms with Crippen LogP contribution in [0, 0.1) is 0 Å². The molecular formula is C53H38. The number of rotatable bonds is 5. The predicted octanol–water partition coefficient (Wildman–Crippen LogP) is 14.6. The summed E-state index contributed by atoms with van der Waals surface area (Å²) in [5.41, 5.74) is 17.9. The van der Waals surface area contributed by atoms with Gasteiger partial charge in [0.1, 0.15) is 0 Å². The van der Waals surface area contributed by atoms with Gasteiger partial charge in [0.15, 0.2) is 0 Å². The van der Waals surface area contributed by atoms with Gasteiger partial charge >= 0.3 is 0 Å². The molecule has 0 spiro atoms. The van der Waals surface area contributed by atoms with Crippen LogP contribution in [0.15, 0.2) is 194 Å². The summed E-state index contributed by atoms with van der Waals surface area (Å²) in [7, 11) is 0. The Morgan fingerprint density at radius 1 is 0.264 bits per heavy atom. The fourth-order valence-electron chi connectivity index (χ4n) is 8.77. The molecule has 250 valence electrons. The average molecular weight is 675 g/mol. The van der Waals surface area contributed by atoms with Gasteiger partial charge in [0.2, 0.25) is 0 Å². The van der Waals surface area contributed by atoms with Crippen molar-refractivity contribution in [1.29, 1.82) is 0 Å². The summed E-state index contributed by atoms with van der Waals surface area (Å²) in [6.45, 7) is 4.74. The minimum atomic E-state index is -0.0876. The summed E-state index contributed by atoms with van der Waals surface area (Å²) in [6.07, 6.45) is 0. The van der Waals surface area contributed by atoms with Gasteiger partial charge in [0.25, 0.3) is 0 Å². The summed E-state index contributed by atoms with van der Waals surface area (Å²) in [5, 5.41) is 5.09. The molecule has 0 amide bonds. The summed E-state index contributed by atoms with van der Waals surface area (Å²) in [6, 6.07) is 71.5. The monoisotopic (exact) mass is 674 g/mol. The number of fused-ring (bicyclic) bond motifs is 5. The van der Waals surface area contributed by atoms with Gasteiger partial charge in [-0.3, -0.25) is 0 Å². The van der Waals surface area contributed by atoms with Crippen LogP contribution in [0.25, 0.3) is 88.3 Å². The third kappa shape index (κ3) is 5.13. The van der Waals surface area contributed by atoms with E-state index >= 15 is 0 Å². The van der Waals surface area contributed by atoms with Gasteiger partial charge in [-0.25, -0.2) is 0 Å². The SMILES string of the molecule is CC1(C)c2cc(-c3ccccc3)ccc2-c2ccc(-c3ccc(-c4ccc5c(-c6ccccc6)c6ccccc6c(-c6ccccc6)c5c4)cc3)cc21. The van der Waals surface area contributed by atoms with Gasteiger partial charge in [0, 0.05) is 5.41 Å².